The van der Waals surface area contributed by atoms with Gasteiger partial charge in [0.25, 0.3) is 0 Å². The summed E-state index contributed by atoms with van der Waals surface area (Å²) in [5, 5.41) is 9.42. The van der Waals surface area contributed by atoms with Gasteiger partial charge in [0, 0.05) is 40.5 Å². The smallest absolute Gasteiger partial charge is 0.0973 e. The summed E-state index contributed by atoms with van der Waals surface area (Å²) in [6, 6.07) is 26.4. The van der Waals surface area contributed by atoms with Gasteiger partial charge < -0.3 is 0 Å². The minimum atomic E-state index is 0.841. The van der Waals surface area contributed by atoms with E-state index in [2.05, 4.69) is 33.4 Å². The lowest BCUT2D eigenvalue weighted by Crippen LogP contribution is -1.98. The van der Waals surface area contributed by atoms with Gasteiger partial charge in [0.05, 0.1) is 28.1 Å². The van der Waals surface area contributed by atoms with Gasteiger partial charge >= 0.3 is 0 Å². The van der Waals surface area contributed by atoms with Crippen LogP contribution in [-0.4, -0.2) is 25.1 Å². The van der Waals surface area contributed by atoms with Crippen molar-refractivity contribution in [3.63, 3.8) is 0 Å². The molecule has 0 spiro atoms. The molecule has 0 aliphatic carbocycles. The number of para-hydroxylation sites is 2. The maximum Gasteiger partial charge on any atom is 0.0973 e. The van der Waals surface area contributed by atoms with Crippen LogP contribution < -0.4 is 0 Å². The van der Waals surface area contributed by atoms with Crippen LogP contribution in [-0.2, 0) is 0 Å². The highest BCUT2D eigenvalue weighted by molar-refractivity contribution is 6.10. The van der Waals surface area contributed by atoms with E-state index in [0.29, 0.717) is 0 Å². The zero-order chi connectivity index (χ0) is 20.6. The molecule has 6 aromatic rings. The average molecular weight is 399 g/mol. The van der Waals surface area contributed by atoms with Gasteiger partial charge in [-0.2, -0.15) is 5.10 Å². The number of benzene rings is 2. The molecule has 0 atom stereocenters. The Kier molecular flexibility index (Phi) is 4.03. The van der Waals surface area contributed by atoms with Crippen LogP contribution >= 0.6 is 0 Å². The second-order valence-corrected chi connectivity index (χ2v) is 7.29. The number of fused-ring (bicyclic) bond motifs is 2. The lowest BCUT2D eigenvalue weighted by atomic mass is 9.90. The minimum Gasteiger partial charge on any atom is -0.276 e. The number of nitrogens with one attached hydrogen (secondary N) is 1. The first kappa shape index (κ1) is 17.5. The van der Waals surface area contributed by atoms with Crippen molar-refractivity contribution in [1.82, 2.24) is 25.1 Å². The first-order chi connectivity index (χ1) is 15.4. The third-order valence-corrected chi connectivity index (χ3v) is 5.49. The topological polar surface area (TPSA) is 67.3 Å². The molecule has 2 aromatic carbocycles. The molecule has 4 heterocycles. The molecule has 0 fully saturated rings. The van der Waals surface area contributed by atoms with E-state index in [4.69, 9.17) is 9.97 Å². The summed E-state index contributed by atoms with van der Waals surface area (Å²) in [6.45, 7) is 0. The second kappa shape index (κ2) is 7.15. The van der Waals surface area contributed by atoms with Crippen LogP contribution in [0.15, 0.2) is 97.5 Å². The van der Waals surface area contributed by atoms with Gasteiger partial charge in [0.15, 0.2) is 0 Å². The summed E-state index contributed by atoms with van der Waals surface area (Å²) in [5.41, 5.74) is 7.58. The minimum absolute atomic E-state index is 0.841. The molecule has 0 aliphatic rings. The van der Waals surface area contributed by atoms with Crippen LogP contribution in [0.3, 0.4) is 0 Å². The molecule has 0 amide bonds. The highest BCUT2D eigenvalue weighted by Crippen LogP contribution is 2.43. The molecule has 4 aromatic heterocycles. The Labute approximate surface area is 178 Å². The zero-order valence-electron chi connectivity index (χ0n) is 16.5. The number of hydrogen-bond donors (Lipinski definition) is 1. The van der Waals surface area contributed by atoms with Gasteiger partial charge in [0.2, 0.25) is 0 Å². The number of hydrogen-bond acceptors (Lipinski definition) is 4. The SMILES string of the molecule is c1ccc(-c2c(-c3ccnc4ccccc34)c(-c3ccn[nH]3)nc3ccccc23)nc1. The number of rotatable bonds is 3. The first-order valence-electron chi connectivity index (χ1n) is 10.1. The molecule has 0 aliphatic heterocycles. The van der Waals surface area contributed by atoms with E-state index in [1.807, 2.05) is 73.1 Å². The number of aromatic amines is 1. The Hall–Kier alpha value is -4.38. The molecule has 5 nitrogen and oxygen atoms in total. The molecule has 0 bridgehead atoms. The third-order valence-electron chi connectivity index (χ3n) is 5.49. The Balaban J connectivity index is 1.84. The van der Waals surface area contributed by atoms with Crippen molar-refractivity contribution in [2.45, 2.75) is 0 Å². The molecule has 0 unspecified atom stereocenters. The number of pyridine rings is 3. The van der Waals surface area contributed by atoms with E-state index in [1.54, 1.807) is 6.20 Å². The van der Waals surface area contributed by atoms with Gasteiger partial charge in [-0.15, -0.1) is 0 Å². The van der Waals surface area contributed by atoms with Crippen LogP contribution in [0, 0.1) is 0 Å². The van der Waals surface area contributed by atoms with Crippen molar-refractivity contribution in [3.05, 3.63) is 97.5 Å². The van der Waals surface area contributed by atoms with Crippen molar-refractivity contribution < 1.29 is 0 Å². The van der Waals surface area contributed by atoms with Crippen molar-refractivity contribution in [1.29, 1.82) is 0 Å². The third kappa shape index (κ3) is 2.87. The van der Waals surface area contributed by atoms with Crippen LogP contribution in [0.1, 0.15) is 0 Å². The predicted octanol–water partition coefficient (Wildman–Crippen LogP) is 5.90. The Morgan fingerprint density at radius 2 is 1.39 bits per heavy atom. The van der Waals surface area contributed by atoms with Crippen molar-refractivity contribution in [2.24, 2.45) is 0 Å². The van der Waals surface area contributed by atoms with Gasteiger partial charge in [-0.1, -0.05) is 42.5 Å². The fourth-order valence-corrected chi connectivity index (χ4v) is 4.15. The average Bonchev–Trinajstić information content (AvgIpc) is 3.38. The summed E-state index contributed by atoms with van der Waals surface area (Å²) in [6.07, 6.45) is 5.43. The maximum absolute atomic E-state index is 5.07. The number of aromatic nitrogens is 5. The van der Waals surface area contributed by atoms with Crippen LogP contribution in [0.5, 0.6) is 0 Å². The maximum atomic E-state index is 5.07. The summed E-state index contributed by atoms with van der Waals surface area (Å²) in [5.74, 6) is 0. The largest absolute Gasteiger partial charge is 0.276 e. The molecular weight excluding hydrogens is 382 g/mol. The summed E-state index contributed by atoms with van der Waals surface area (Å²) in [4.78, 5) is 14.4. The van der Waals surface area contributed by atoms with E-state index in [9.17, 15) is 0 Å². The van der Waals surface area contributed by atoms with Crippen molar-refractivity contribution >= 4 is 21.8 Å². The van der Waals surface area contributed by atoms with E-state index in [1.165, 1.54) is 0 Å². The van der Waals surface area contributed by atoms with E-state index >= 15 is 0 Å². The molecule has 6 rings (SSSR count). The molecule has 31 heavy (non-hydrogen) atoms. The van der Waals surface area contributed by atoms with Crippen LogP contribution in [0.25, 0.3) is 55.6 Å². The molecule has 0 saturated heterocycles. The van der Waals surface area contributed by atoms with Crippen LogP contribution in [0.2, 0.25) is 0 Å². The van der Waals surface area contributed by atoms with E-state index in [0.717, 1.165) is 55.6 Å². The Bertz CT molecular complexity index is 1520. The van der Waals surface area contributed by atoms with Gasteiger partial charge in [0.1, 0.15) is 0 Å². The fourth-order valence-electron chi connectivity index (χ4n) is 4.15. The van der Waals surface area contributed by atoms with Gasteiger partial charge in [-0.05, 0) is 42.0 Å². The molecule has 0 radical (unpaired) electrons. The quantitative estimate of drug-likeness (QED) is 0.402. The summed E-state index contributed by atoms with van der Waals surface area (Å²) in [7, 11) is 0. The van der Waals surface area contributed by atoms with Crippen molar-refractivity contribution in [3.8, 4) is 33.8 Å². The number of nitrogens with zero attached hydrogens (tertiary/aromatic N) is 4. The lowest BCUT2D eigenvalue weighted by Gasteiger charge is -2.18. The summed E-state index contributed by atoms with van der Waals surface area (Å²) >= 11 is 0. The standard InChI is InChI=1S/C26H17N5/c1-3-9-20-17(7-1)18(12-15-28-20)25-24(22-11-5-6-14-27-22)19-8-2-4-10-21(19)30-26(25)23-13-16-29-31-23/h1-16H,(H,29,31). The zero-order valence-corrected chi connectivity index (χ0v) is 16.5. The highest BCUT2D eigenvalue weighted by Gasteiger charge is 2.22. The van der Waals surface area contributed by atoms with Gasteiger partial charge in [-0.3, -0.25) is 15.1 Å². The molecular formula is C26H17N5. The normalized spacial score (nSPS) is 11.2. The summed E-state index contributed by atoms with van der Waals surface area (Å²) < 4.78 is 0. The monoisotopic (exact) mass is 399 g/mol. The fraction of sp³-hybridized carbons (Fsp3) is 0. The Morgan fingerprint density at radius 1 is 0.581 bits per heavy atom. The second-order valence-electron chi connectivity index (χ2n) is 7.29. The molecule has 1 N–H and O–H groups in total. The van der Waals surface area contributed by atoms with Crippen molar-refractivity contribution in [2.75, 3.05) is 0 Å². The first-order valence-corrected chi connectivity index (χ1v) is 10.1. The molecule has 0 saturated carbocycles. The molecule has 146 valence electrons. The van der Waals surface area contributed by atoms with Gasteiger partial charge in [-0.25, -0.2) is 4.98 Å². The van der Waals surface area contributed by atoms with Crippen LogP contribution in [0.4, 0.5) is 0 Å². The Morgan fingerprint density at radius 3 is 2.19 bits per heavy atom. The predicted molar refractivity (Wildman–Crippen MR) is 123 cm³/mol. The lowest BCUT2D eigenvalue weighted by molar-refractivity contribution is 1.09. The van der Waals surface area contributed by atoms with E-state index in [-0.39, 0.29) is 0 Å². The number of H-pyrrole nitrogens is 1. The highest BCUT2D eigenvalue weighted by atomic mass is 15.1. The molecule has 5 heteroatoms. The van der Waals surface area contributed by atoms with E-state index < -0.39 is 0 Å².